The zero-order valence-electron chi connectivity index (χ0n) is 17.7. The number of carbonyl (C=O) groups is 1. The Morgan fingerprint density at radius 3 is 2.63 bits per heavy atom. The molecule has 160 valence electrons. The first kappa shape index (κ1) is 20.5. The number of methoxy groups -OCH3 is 1. The van der Waals surface area contributed by atoms with E-state index in [1.165, 1.54) is 5.56 Å². The molecule has 0 saturated carbocycles. The Bertz CT molecular complexity index is 877. The summed E-state index contributed by atoms with van der Waals surface area (Å²) in [5.74, 6) is 3.00. The highest BCUT2D eigenvalue weighted by molar-refractivity contribution is 5.94. The van der Waals surface area contributed by atoms with Crippen LogP contribution < -0.4 is 19.5 Å². The van der Waals surface area contributed by atoms with Crippen LogP contribution in [-0.2, 0) is 11.2 Å². The highest BCUT2D eigenvalue weighted by Gasteiger charge is 2.27. The first-order valence-electron chi connectivity index (χ1n) is 10.7. The predicted molar refractivity (Wildman–Crippen MR) is 117 cm³/mol. The molecule has 0 aliphatic carbocycles. The van der Waals surface area contributed by atoms with Gasteiger partial charge in [-0.25, -0.2) is 0 Å². The maximum absolute atomic E-state index is 12.8. The Balaban J connectivity index is 1.29. The van der Waals surface area contributed by atoms with Crippen molar-refractivity contribution in [2.24, 2.45) is 5.92 Å². The summed E-state index contributed by atoms with van der Waals surface area (Å²) in [7, 11) is 1.73. The Kier molecular flexibility index (Phi) is 6.43. The summed E-state index contributed by atoms with van der Waals surface area (Å²) in [6.45, 7) is 4.92. The normalized spacial score (nSPS) is 17.9. The van der Waals surface area contributed by atoms with Gasteiger partial charge in [0.05, 0.1) is 13.2 Å². The molecule has 2 aromatic carbocycles. The van der Waals surface area contributed by atoms with Gasteiger partial charge < -0.3 is 19.5 Å². The molecule has 0 spiro atoms. The third-order valence-corrected chi connectivity index (χ3v) is 6.09. The second kappa shape index (κ2) is 9.39. The van der Waals surface area contributed by atoms with Gasteiger partial charge in [0.25, 0.3) is 0 Å². The molecule has 1 N–H and O–H groups in total. The molecule has 2 aliphatic heterocycles. The lowest BCUT2D eigenvalue weighted by Gasteiger charge is -2.35. The van der Waals surface area contributed by atoms with Gasteiger partial charge in [-0.2, -0.15) is 0 Å². The smallest absolute Gasteiger partial charge is 0.241 e. The van der Waals surface area contributed by atoms with Crippen LogP contribution in [0.1, 0.15) is 25.3 Å². The number of nitrogens with zero attached hydrogens (tertiary/aromatic N) is 1. The average Bonchev–Trinajstić information content (AvgIpc) is 2.79. The molecule has 2 heterocycles. The number of ether oxygens (including phenoxy) is 3. The van der Waals surface area contributed by atoms with Crippen LogP contribution in [0.15, 0.2) is 42.5 Å². The van der Waals surface area contributed by atoms with Crippen LogP contribution in [0.2, 0.25) is 0 Å². The number of piperidine rings is 1. The summed E-state index contributed by atoms with van der Waals surface area (Å²) in [4.78, 5) is 15.1. The van der Waals surface area contributed by atoms with Crippen molar-refractivity contribution in [3.63, 3.8) is 0 Å². The number of hydrogen-bond acceptors (Lipinski definition) is 5. The van der Waals surface area contributed by atoms with E-state index < -0.39 is 0 Å². The molecule has 2 aliphatic rings. The van der Waals surface area contributed by atoms with Gasteiger partial charge in [0.2, 0.25) is 5.91 Å². The van der Waals surface area contributed by atoms with E-state index >= 15 is 0 Å². The Morgan fingerprint density at radius 2 is 1.87 bits per heavy atom. The molecule has 0 bridgehead atoms. The number of carbonyl (C=O) groups excluding carboxylic acids is 1. The Labute approximate surface area is 178 Å². The van der Waals surface area contributed by atoms with E-state index in [9.17, 15) is 4.79 Å². The molecule has 2 aromatic rings. The number of rotatable bonds is 6. The molecule has 6 nitrogen and oxygen atoms in total. The van der Waals surface area contributed by atoms with Gasteiger partial charge >= 0.3 is 0 Å². The molecule has 1 amide bonds. The quantitative estimate of drug-likeness (QED) is 0.786. The molecule has 1 saturated heterocycles. The average molecular weight is 411 g/mol. The number of likely N-dealkylation sites (tertiary alicyclic amines) is 1. The highest BCUT2D eigenvalue weighted by atomic mass is 16.6. The fourth-order valence-electron chi connectivity index (χ4n) is 4.26. The minimum Gasteiger partial charge on any atom is -0.496 e. The molecule has 0 radical (unpaired) electrons. The number of nitrogens with one attached hydrogen (secondary N) is 1. The van der Waals surface area contributed by atoms with Gasteiger partial charge in [-0.1, -0.05) is 18.2 Å². The van der Waals surface area contributed by atoms with Crippen molar-refractivity contribution in [1.82, 2.24) is 4.90 Å². The molecular weight excluding hydrogens is 380 g/mol. The summed E-state index contributed by atoms with van der Waals surface area (Å²) in [5, 5.41) is 3.02. The van der Waals surface area contributed by atoms with Gasteiger partial charge in [0, 0.05) is 11.8 Å². The standard InChI is InChI=1S/C24H30N2O4/c1-17(24(27)25-20-7-8-22-23(16-20)30-14-13-29-22)26-11-9-18(10-12-26)15-19-5-3-4-6-21(19)28-2/h3-8,16-18H,9-15H2,1-2H3,(H,25,27). The largest absolute Gasteiger partial charge is 0.496 e. The van der Waals surface area contributed by atoms with Gasteiger partial charge in [0.1, 0.15) is 19.0 Å². The van der Waals surface area contributed by atoms with Crippen molar-refractivity contribution in [3.05, 3.63) is 48.0 Å². The highest BCUT2D eigenvalue weighted by Crippen LogP contribution is 2.33. The second-order valence-corrected chi connectivity index (χ2v) is 8.02. The zero-order chi connectivity index (χ0) is 20.9. The van der Waals surface area contributed by atoms with Crippen molar-refractivity contribution in [3.8, 4) is 17.2 Å². The number of hydrogen-bond donors (Lipinski definition) is 1. The van der Waals surface area contributed by atoms with Crippen molar-refractivity contribution in [2.75, 3.05) is 38.7 Å². The van der Waals surface area contributed by atoms with E-state index in [2.05, 4.69) is 22.3 Å². The monoisotopic (exact) mass is 410 g/mol. The van der Waals surface area contributed by atoms with Crippen molar-refractivity contribution < 1.29 is 19.0 Å². The minimum atomic E-state index is -0.176. The topological polar surface area (TPSA) is 60.0 Å². The molecule has 4 rings (SSSR count). The first-order valence-corrected chi connectivity index (χ1v) is 10.7. The van der Waals surface area contributed by atoms with E-state index in [4.69, 9.17) is 14.2 Å². The summed E-state index contributed by atoms with van der Waals surface area (Å²) < 4.78 is 16.6. The van der Waals surface area contributed by atoms with Gasteiger partial charge in [-0.3, -0.25) is 9.69 Å². The van der Waals surface area contributed by atoms with Crippen LogP contribution >= 0.6 is 0 Å². The van der Waals surface area contributed by atoms with E-state index in [-0.39, 0.29) is 11.9 Å². The molecular formula is C24H30N2O4. The summed E-state index contributed by atoms with van der Waals surface area (Å²) in [6, 6.07) is 13.6. The molecule has 30 heavy (non-hydrogen) atoms. The Hall–Kier alpha value is -2.73. The lowest BCUT2D eigenvalue weighted by Crippen LogP contribution is -2.46. The fraction of sp³-hybridized carbons (Fsp3) is 0.458. The van der Waals surface area contributed by atoms with E-state index in [1.54, 1.807) is 7.11 Å². The summed E-state index contributed by atoms with van der Waals surface area (Å²) >= 11 is 0. The van der Waals surface area contributed by atoms with Gasteiger partial charge in [0.15, 0.2) is 11.5 Å². The lowest BCUT2D eigenvalue weighted by molar-refractivity contribution is -0.121. The zero-order valence-corrected chi connectivity index (χ0v) is 17.7. The molecule has 6 heteroatoms. The third kappa shape index (κ3) is 4.70. The fourth-order valence-corrected chi connectivity index (χ4v) is 4.26. The van der Waals surface area contributed by atoms with Gasteiger partial charge in [-0.05, 0) is 69.0 Å². The second-order valence-electron chi connectivity index (χ2n) is 8.02. The maximum atomic E-state index is 12.8. The number of para-hydroxylation sites is 1. The van der Waals surface area contributed by atoms with Crippen LogP contribution in [0, 0.1) is 5.92 Å². The molecule has 1 atom stereocenters. The molecule has 1 fully saturated rings. The SMILES string of the molecule is COc1ccccc1CC1CCN(C(C)C(=O)Nc2ccc3c(c2)OCCO3)CC1. The van der Waals surface area contributed by atoms with Crippen molar-refractivity contribution in [1.29, 1.82) is 0 Å². The van der Waals surface area contributed by atoms with E-state index in [0.29, 0.717) is 24.9 Å². The van der Waals surface area contributed by atoms with E-state index in [0.717, 1.165) is 49.5 Å². The van der Waals surface area contributed by atoms with Crippen molar-refractivity contribution >= 4 is 11.6 Å². The first-order chi connectivity index (χ1) is 14.6. The minimum absolute atomic E-state index is 0.00913. The van der Waals surface area contributed by atoms with Crippen LogP contribution in [0.4, 0.5) is 5.69 Å². The third-order valence-electron chi connectivity index (χ3n) is 6.09. The number of fused-ring (bicyclic) bond motifs is 1. The van der Waals surface area contributed by atoms with E-state index in [1.807, 2.05) is 37.3 Å². The number of benzene rings is 2. The van der Waals surface area contributed by atoms with Crippen LogP contribution in [-0.4, -0.2) is 50.3 Å². The number of amides is 1. The molecule has 0 aromatic heterocycles. The summed E-state index contributed by atoms with van der Waals surface area (Å²) in [5.41, 5.74) is 2.00. The van der Waals surface area contributed by atoms with Crippen LogP contribution in [0.3, 0.4) is 0 Å². The summed E-state index contributed by atoms with van der Waals surface area (Å²) in [6.07, 6.45) is 3.19. The Morgan fingerprint density at radius 1 is 1.13 bits per heavy atom. The van der Waals surface area contributed by atoms with Crippen molar-refractivity contribution in [2.45, 2.75) is 32.2 Å². The number of anilines is 1. The lowest BCUT2D eigenvalue weighted by atomic mass is 9.89. The maximum Gasteiger partial charge on any atom is 0.241 e. The predicted octanol–water partition coefficient (Wildman–Crippen LogP) is 3.75. The molecule has 1 unspecified atom stereocenters. The van der Waals surface area contributed by atoms with Gasteiger partial charge in [-0.15, -0.1) is 0 Å². The van der Waals surface area contributed by atoms with Crippen LogP contribution in [0.5, 0.6) is 17.2 Å². The van der Waals surface area contributed by atoms with Crippen LogP contribution in [0.25, 0.3) is 0 Å².